The molecule has 2 heterocycles. The number of amides is 5. The highest BCUT2D eigenvalue weighted by Crippen LogP contribution is 2.39. The van der Waals surface area contributed by atoms with Crippen LogP contribution in [0.1, 0.15) is 30.4 Å². The van der Waals surface area contributed by atoms with Gasteiger partial charge in [-0.3, -0.25) is 19.3 Å². The summed E-state index contributed by atoms with van der Waals surface area (Å²) in [5, 5.41) is 5.44. The van der Waals surface area contributed by atoms with Crippen molar-refractivity contribution >= 4 is 29.4 Å². The van der Waals surface area contributed by atoms with Crippen LogP contribution in [0.25, 0.3) is 0 Å². The lowest BCUT2D eigenvalue weighted by Gasteiger charge is -2.34. The minimum atomic E-state index is -1.15. The molecule has 34 heavy (non-hydrogen) atoms. The van der Waals surface area contributed by atoms with Crippen molar-refractivity contribution in [1.29, 1.82) is 0 Å². The molecule has 0 bridgehead atoms. The molecule has 1 fully saturated rings. The van der Waals surface area contributed by atoms with Crippen LogP contribution >= 0.6 is 0 Å². The Morgan fingerprint density at radius 2 is 1.88 bits per heavy atom. The van der Waals surface area contributed by atoms with Crippen LogP contribution in [-0.4, -0.2) is 54.9 Å². The van der Waals surface area contributed by atoms with E-state index in [-0.39, 0.29) is 12.5 Å². The zero-order chi connectivity index (χ0) is 23.9. The molecule has 0 aromatic heterocycles. The summed E-state index contributed by atoms with van der Waals surface area (Å²) in [4.78, 5) is 54.7. The molecule has 176 valence electrons. The van der Waals surface area contributed by atoms with Gasteiger partial charge in [0.25, 0.3) is 11.8 Å². The molecule has 0 radical (unpaired) electrons. The molecule has 2 N–H and O–H groups in total. The number of aryl methyl sites for hydroxylation is 1. The summed E-state index contributed by atoms with van der Waals surface area (Å²) in [6, 6.07) is 14.0. The van der Waals surface area contributed by atoms with Gasteiger partial charge in [0.1, 0.15) is 17.8 Å². The number of nitrogens with zero attached hydrogens (tertiary/aromatic N) is 2. The predicted molar refractivity (Wildman–Crippen MR) is 123 cm³/mol. The van der Waals surface area contributed by atoms with Crippen molar-refractivity contribution in [2.75, 3.05) is 25.0 Å². The molecule has 5 rings (SSSR count). The second-order valence-electron chi connectivity index (χ2n) is 8.78. The summed E-state index contributed by atoms with van der Waals surface area (Å²) in [7, 11) is 1.50. The molecular weight excluding hydrogens is 436 g/mol. The first-order valence-electron chi connectivity index (χ1n) is 11.4. The molecule has 9 heteroatoms. The van der Waals surface area contributed by atoms with Gasteiger partial charge in [-0.05, 0) is 48.9 Å². The van der Waals surface area contributed by atoms with E-state index in [2.05, 4.69) is 10.6 Å². The molecule has 0 unspecified atom stereocenters. The van der Waals surface area contributed by atoms with Crippen LogP contribution < -0.4 is 20.3 Å². The maximum Gasteiger partial charge on any atom is 0.325 e. The average molecular weight is 463 g/mol. The largest absolute Gasteiger partial charge is 0.477 e. The molecule has 1 saturated heterocycles. The van der Waals surface area contributed by atoms with E-state index in [9.17, 15) is 19.2 Å². The number of likely N-dealkylation sites (N-methyl/N-ethyl adjacent to an activating group) is 1. The van der Waals surface area contributed by atoms with Crippen molar-refractivity contribution in [3.05, 3.63) is 59.7 Å². The molecule has 1 spiro atoms. The third-order valence-electron chi connectivity index (χ3n) is 6.81. The first-order valence-corrected chi connectivity index (χ1v) is 11.4. The molecule has 2 aromatic rings. The molecule has 5 amide bonds. The fourth-order valence-corrected chi connectivity index (χ4v) is 5.11. The zero-order valence-electron chi connectivity index (χ0n) is 18.9. The molecule has 2 aromatic carbocycles. The van der Waals surface area contributed by atoms with Gasteiger partial charge in [-0.15, -0.1) is 0 Å². The normalized spacial score (nSPS) is 23.5. The van der Waals surface area contributed by atoms with Crippen LogP contribution in [-0.2, 0) is 26.3 Å². The highest BCUT2D eigenvalue weighted by atomic mass is 16.5. The van der Waals surface area contributed by atoms with Crippen LogP contribution in [0.5, 0.6) is 5.75 Å². The van der Waals surface area contributed by atoms with Crippen LogP contribution in [0, 0.1) is 0 Å². The Labute approximate surface area is 197 Å². The Bertz CT molecular complexity index is 1180. The monoisotopic (exact) mass is 462 g/mol. The summed E-state index contributed by atoms with van der Waals surface area (Å²) in [5.74, 6) is -0.852. The second kappa shape index (κ2) is 8.48. The van der Waals surface area contributed by atoms with Gasteiger partial charge in [-0.1, -0.05) is 36.4 Å². The number of hydrogen-bond donors (Lipinski definition) is 2. The molecular formula is C25H26N4O5. The summed E-state index contributed by atoms with van der Waals surface area (Å²) < 4.78 is 5.75. The van der Waals surface area contributed by atoms with Crippen LogP contribution in [0.15, 0.2) is 48.5 Å². The standard InChI is InChI=1S/C25H26N4O5/c1-26-22(31)20-14-28(18-11-4-5-12-19(18)34-20)21(30)15-29-23(32)25(27-24(29)33)13-7-6-9-16-8-2-3-10-17(16)25/h2-5,8,10-12,20H,6-7,9,13-15H2,1H3,(H,26,31)(H,27,33)/t20-,25-/m0/s1. The van der Waals surface area contributed by atoms with E-state index in [4.69, 9.17) is 4.74 Å². The number of imide groups is 1. The number of hydrogen-bond acceptors (Lipinski definition) is 5. The summed E-state index contributed by atoms with van der Waals surface area (Å²) in [6.45, 7) is -0.448. The highest BCUT2D eigenvalue weighted by molar-refractivity contribution is 6.11. The van der Waals surface area contributed by atoms with Gasteiger partial charge in [0.2, 0.25) is 5.91 Å². The van der Waals surface area contributed by atoms with Crippen LogP contribution in [0.3, 0.4) is 0 Å². The summed E-state index contributed by atoms with van der Waals surface area (Å²) >= 11 is 0. The van der Waals surface area contributed by atoms with E-state index >= 15 is 0 Å². The van der Waals surface area contributed by atoms with Crippen molar-refractivity contribution in [1.82, 2.24) is 15.5 Å². The molecule has 1 aliphatic carbocycles. The number of ether oxygens (including phenoxy) is 1. The molecule has 2 aliphatic heterocycles. The number of carbonyl (C=O) groups is 4. The Hall–Kier alpha value is -3.88. The van der Waals surface area contributed by atoms with E-state index in [1.54, 1.807) is 24.3 Å². The van der Waals surface area contributed by atoms with E-state index in [0.717, 1.165) is 35.3 Å². The quantitative estimate of drug-likeness (QED) is 0.675. The lowest BCUT2D eigenvalue weighted by atomic mass is 9.84. The maximum atomic E-state index is 13.7. The maximum absolute atomic E-state index is 13.7. The Kier molecular flexibility index (Phi) is 5.47. The van der Waals surface area contributed by atoms with Gasteiger partial charge < -0.3 is 20.3 Å². The number of urea groups is 1. The number of carbonyl (C=O) groups excluding carboxylic acids is 4. The molecule has 0 saturated carbocycles. The van der Waals surface area contributed by atoms with Crippen molar-refractivity contribution in [2.24, 2.45) is 0 Å². The molecule has 3 aliphatic rings. The van der Waals surface area contributed by atoms with E-state index in [1.165, 1.54) is 11.9 Å². The highest BCUT2D eigenvalue weighted by Gasteiger charge is 2.54. The SMILES string of the molecule is CNC(=O)[C@@H]1CN(C(=O)CN2C(=O)N[C@]3(CCCCc4ccccc43)C2=O)c2ccccc2O1. The fourth-order valence-electron chi connectivity index (χ4n) is 5.11. The number of nitrogens with one attached hydrogen (secondary N) is 2. The Morgan fingerprint density at radius 1 is 1.12 bits per heavy atom. The van der Waals surface area contributed by atoms with Gasteiger partial charge in [0.05, 0.1) is 12.2 Å². The first kappa shape index (κ1) is 21.9. The number of benzene rings is 2. The number of fused-ring (bicyclic) bond motifs is 3. The van der Waals surface area contributed by atoms with Gasteiger partial charge in [0, 0.05) is 7.05 Å². The molecule has 9 nitrogen and oxygen atoms in total. The van der Waals surface area contributed by atoms with Crippen molar-refractivity contribution in [3.63, 3.8) is 0 Å². The van der Waals surface area contributed by atoms with Gasteiger partial charge in [-0.25, -0.2) is 4.79 Å². The van der Waals surface area contributed by atoms with E-state index in [0.29, 0.717) is 17.9 Å². The third-order valence-corrected chi connectivity index (χ3v) is 6.81. The van der Waals surface area contributed by atoms with E-state index in [1.807, 2.05) is 24.3 Å². The van der Waals surface area contributed by atoms with Gasteiger partial charge in [-0.2, -0.15) is 0 Å². The topological polar surface area (TPSA) is 108 Å². The van der Waals surface area contributed by atoms with Crippen LogP contribution in [0.4, 0.5) is 10.5 Å². The van der Waals surface area contributed by atoms with Crippen molar-refractivity contribution < 1.29 is 23.9 Å². The fraction of sp³-hybridized carbons (Fsp3) is 0.360. The zero-order valence-corrected chi connectivity index (χ0v) is 18.9. The van der Waals surface area contributed by atoms with Crippen LogP contribution in [0.2, 0.25) is 0 Å². The minimum absolute atomic E-state index is 0.0207. The minimum Gasteiger partial charge on any atom is -0.477 e. The lowest BCUT2D eigenvalue weighted by molar-refractivity contribution is -0.135. The van der Waals surface area contributed by atoms with Crippen molar-refractivity contribution in [2.45, 2.75) is 37.3 Å². The average Bonchev–Trinajstić information content (AvgIpc) is 2.99. The summed E-state index contributed by atoms with van der Waals surface area (Å²) in [6.07, 6.45) is 2.13. The van der Waals surface area contributed by atoms with Crippen molar-refractivity contribution in [3.8, 4) is 5.75 Å². The first-order chi connectivity index (χ1) is 16.4. The molecule has 2 atom stereocenters. The second-order valence-corrected chi connectivity index (χ2v) is 8.78. The Balaban J connectivity index is 1.43. The predicted octanol–water partition coefficient (Wildman–Crippen LogP) is 1.70. The number of para-hydroxylation sites is 2. The number of anilines is 1. The van der Waals surface area contributed by atoms with Gasteiger partial charge in [0.15, 0.2) is 6.10 Å². The van der Waals surface area contributed by atoms with E-state index < -0.39 is 36.0 Å². The lowest BCUT2D eigenvalue weighted by Crippen LogP contribution is -2.53. The van der Waals surface area contributed by atoms with Gasteiger partial charge >= 0.3 is 6.03 Å². The third kappa shape index (κ3) is 3.48. The summed E-state index contributed by atoms with van der Waals surface area (Å²) in [5.41, 5.74) is 1.18. The number of rotatable bonds is 3. The smallest absolute Gasteiger partial charge is 0.325 e. The Morgan fingerprint density at radius 3 is 2.71 bits per heavy atom.